The molecule has 0 saturated carbocycles. The summed E-state index contributed by atoms with van der Waals surface area (Å²) in [6.45, 7) is 9.56. The molecule has 0 unspecified atom stereocenters. The molecule has 6 heteroatoms. The Morgan fingerprint density at radius 1 is 1.42 bits per heavy atom. The van der Waals surface area contributed by atoms with E-state index in [-0.39, 0.29) is 23.7 Å². The molecule has 0 radical (unpaired) electrons. The van der Waals surface area contributed by atoms with Crippen LogP contribution in [0.25, 0.3) is 10.9 Å². The third kappa shape index (κ3) is 3.59. The summed E-state index contributed by atoms with van der Waals surface area (Å²) in [5, 5.41) is 8.32. The Morgan fingerprint density at radius 3 is 2.81 bits per heavy atom. The fourth-order valence-electron chi connectivity index (χ4n) is 3.81. The normalized spacial score (nSPS) is 18.0. The molecule has 1 atom stereocenters. The first-order valence-electron chi connectivity index (χ1n) is 8.99. The van der Waals surface area contributed by atoms with E-state index in [1.807, 2.05) is 18.0 Å². The second kappa shape index (κ2) is 6.74. The summed E-state index contributed by atoms with van der Waals surface area (Å²) in [5.74, 6) is -0.714. The molecule has 1 aromatic carbocycles. The van der Waals surface area contributed by atoms with Gasteiger partial charge in [-0.1, -0.05) is 26.8 Å². The van der Waals surface area contributed by atoms with E-state index in [0.29, 0.717) is 19.5 Å². The van der Waals surface area contributed by atoms with Gasteiger partial charge in [0, 0.05) is 18.5 Å². The van der Waals surface area contributed by atoms with Crippen molar-refractivity contribution >= 4 is 22.8 Å². The minimum atomic E-state index is -0.394. The van der Waals surface area contributed by atoms with E-state index < -0.39 is 5.92 Å². The van der Waals surface area contributed by atoms with Crippen molar-refractivity contribution < 1.29 is 14.3 Å². The number of nitrogens with one attached hydrogen (secondary N) is 1. The molecule has 2 heterocycles. The van der Waals surface area contributed by atoms with Crippen molar-refractivity contribution in [2.45, 2.75) is 47.1 Å². The molecular weight excluding hydrogens is 330 g/mol. The van der Waals surface area contributed by atoms with E-state index in [9.17, 15) is 9.59 Å². The molecule has 1 aliphatic rings. The quantitative estimate of drug-likeness (QED) is 0.857. The van der Waals surface area contributed by atoms with E-state index in [1.54, 1.807) is 0 Å². The fraction of sp³-hybridized carbons (Fsp3) is 0.550. The van der Waals surface area contributed by atoms with Gasteiger partial charge in [-0.05, 0) is 35.4 Å². The predicted molar refractivity (Wildman–Crippen MR) is 99.5 cm³/mol. The van der Waals surface area contributed by atoms with E-state index in [2.05, 4.69) is 37.0 Å². The number of carbonyl (C=O) groups is 2. The molecule has 3 rings (SSSR count). The zero-order valence-electron chi connectivity index (χ0n) is 16.2. The number of benzene rings is 1. The van der Waals surface area contributed by atoms with Crippen LogP contribution in [-0.4, -0.2) is 40.6 Å². The maximum atomic E-state index is 13.2. The number of aromatic amines is 1. The van der Waals surface area contributed by atoms with Gasteiger partial charge in [0.25, 0.3) is 0 Å². The number of aromatic nitrogens is 2. The van der Waals surface area contributed by atoms with Crippen LogP contribution < -0.4 is 0 Å². The van der Waals surface area contributed by atoms with Crippen LogP contribution in [0.2, 0.25) is 0 Å². The SMILES string of the molecule is COC(=O)C[C@@H]1Cc2cc(C)c3[nH]ncc3c2CN(CC(C)(C)C)C1=O. The Bertz CT molecular complexity index is 848. The van der Waals surface area contributed by atoms with Crippen LogP contribution >= 0.6 is 0 Å². The van der Waals surface area contributed by atoms with E-state index in [4.69, 9.17) is 4.74 Å². The van der Waals surface area contributed by atoms with Crippen molar-refractivity contribution in [1.29, 1.82) is 0 Å². The topological polar surface area (TPSA) is 75.3 Å². The van der Waals surface area contributed by atoms with Crippen molar-refractivity contribution in [2.75, 3.05) is 13.7 Å². The smallest absolute Gasteiger partial charge is 0.306 e. The fourth-order valence-corrected chi connectivity index (χ4v) is 3.81. The van der Waals surface area contributed by atoms with Gasteiger partial charge >= 0.3 is 5.97 Å². The van der Waals surface area contributed by atoms with Gasteiger partial charge in [0.05, 0.1) is 31.2 Å². The molecule has 140 valence electrons. The van der Waals surface area contributed by atoms with Crippen molar-refractivity contribution in [3.63, 3.8) is 0 Å². The van der Waals surface area contributed by atoms with Gasteiger partial charge in [0.15, 0.2) is 0 Å². The molecule has 6 nitrogen and oxygen atoms in total. The van der Waals surface area contributed by atoms with Gasteiger partial charge in [-0.15, -0.1) is 0 Å². The van der Waals surface area contributed by atoms with Gasteiger partial charge in [0.1, 0.15) is 0 Å². The first-order chi connectivity index (χ1) is 12.2. The van der Waals surface area contributed by atoms with Crippen molar-refractivity contribution in [3.05, 3.63) is 29.0 Å². The van der Waals surface area contributed by atoms with E-state index >= 15 is 0 Å². The predicted octanol–water partition coefficient (Wildman–Crippen LogP) is 2.98. The summed E-state index contributed by atoms with van der Waals surface area (Å²) in [6.07, 6.45) is 2.49. The third-order valence-corrected chi connectivity index (χ3v) is 4.92. The molecule has 0 aliphatic carbocycles. The molecule has 26 heavy (non-hydrogen) atoms. The first kappa shape index (κ1) is 18.4. The van der Waals surface area contributed by atoms with Gasteiger partial charge in [0.2, 0.25) is 5.91 Å². The number of fused-ring (bicyclic) bond motifs is 3. The van der Waals surface area contributed by atoms with Crippen LogP contribution in [-0.2, 0) is 27.3 Å². The number of rotatable bonds is 3. The maximum absolute atomic E-state index is 13.2. The largest absolute Gasteiger partial charge is 0.469 e. The number of nitrogens with zero attached hydrogens (tertiary/aromatic N) is 2. The molecule has 1 amide bonds. The summed E-state index contributed by atoms with van der Waals surface area (Å²) >= 11 is 0. The number of hydrogen-bond acceptors (Lipinski definition) is 4. The number of carbonyl (C=O) groups excluding carboxylic acids is 2. The lowest BCUT2D eigenvalue weighted by Gasteiger charge is -2.31. The minimum Gasteiger partial charge on any atom is -0.469 e. The van der Waals surface area contributed by atoms with E-state index in [1.165, 1.54) is 7.11 Å². The monoisotopic (exact) mass is 357 g/mol. The van der Waals surface area contributed by atoms with Crippen LogP contribution in [0.15, 0.2) is 12.3 Å². The Hall–Kier alpha value is -2.37. The highest BCUT2D eigenvalue weighted by Gasteiger charge is 2.34. The number of hydrogen-bond donors (Lipinski definition) is 1. The molecule has 2 aromatic rings. The number of methoxy groups -OCH3 is 1. The van der Waals surface area contributed by atoms with Crippen LogP contribution in [0.4, 0.5) is 0 Å². The zero-order chi connectivity index (χ0) is 19.1. The third-order valence-electron chi connectivity index (χ3n) is 4.92. The van der Waals surface area contributed by atoms with Crippen LogP contribution in [0.1, 0.15) is 43.9 Å². The van der Waals surface area contributed by atoms with Crippen LogP contribution in [0, 0.1) is 18.3 Å². The zero-order valence-corrected chi connectivity index (χ0v) is 16.2. The molecule has 1 N–H and O–H groups in total. The molecule has 1 aromatic heterocycles. The molecule has 0 fully saturated rings. The maximum Gasteiger partial charge on any atom is 0.306 e. The molecule has 1 aliphatic heterocycles. The lowest BCUT2D eigenvalue weighted by molar-refractivity contribution is -0.147. The van der Waals surface area contributed by atoms with Gasteiger partial charge < -0.3 is 9.64 Å². The highest BCUT2D eigenvalue weighted by molar-refractivity contribution is 5.89. The number of aryl methyl sites for hydroxylation is 1. The number of esters is 1. The lowest BCUT2D eigenvalue weighted by Crippen LogP contribution is -2.40. The molecular formula is C20H27N3O3. The molecule has 0 bridgehead atoms. The van der Waals surface area contributed by atoms with E-state index in [0.717, 1.165) is 27.6 Å². The standard InChI is InChI=1S/C20H27N3O3/c1-12-6-13-7-14(8-17(24)26-5)19(25)23(11-20(2,3)4)10-16(13)15-9-21-22-18(12)15/h6,9,14H,7-8,10-11H2,1-5H3,(H,21,22)/t14-/m0/s1. The minimum absolute atomic E-state index is 0.0239. The highest BCUT2D eigenvalue weighted by Crippen LogP contribution is 2.33. The molecule has 0 saturated heterocycles. The van der Waals surface area contributed by atoms with Crippen LogP contribution in [0.5, 0.6) is 0 Å². The van der Waals surface area contributed by atoms with Crippen molar-refractivity contribution in [1.82, 2.24) is 15.1 Å². The Morgan fingerprint density at radius 2 is 2.15 bits per heavy atom. The summed E-state index contributed by atoms with van der Waals surface area (Å²) in [5.41, 5.74) is 4.33. The second-order valence-electron chi connectivity index (χ2n) is 8.43. The molecule has 0 spiro atoms. The van der Waals surface area contributed by atoms with Crippen molar-refractivity contribution in [2.24, 2.45) is 11.3 Å². The van der Waals surface area contributed by atoms with Gasteiger partial charge in [-0.3, -0.25) is 14.7 Å². The highest BCUT2D eigenvalue weighted by atomic mass is 16.5. The van der Waals surface area contributed by atoms with Gasteiger partial charge in [-0.25, -0.2) is 0 Å². The second-order valence-corrected chi connectivity index (χ2v) is 8.43. The summed E-state index contributed by atoms with van der Waals surface area (Å²) in [6, 6.07) is 2.12. The Labute approximate surface area is 153 Å². The lowest BCUT2D eigenvalue weighted by atomic mass is 9.91. The number of amides is 1. The average Bonchev–Trinajstić information content (AvgIpc) is 3.00. The summed E-state index contributed by atoms with van der Waals surface area (Å²) < 4.78 is 4.82. The van der Waals surface area contributed by atoms with Crippen LogP contribution in [0.3, 0.4) is 0 Å². The van der Waals surface area contributed by atoms with Gasteiger partial charge in [-0.2, -0.15) is 5.10 Å². The summed E-state index contributed by atoms with van der Waals surface area (Å²) in [7, 11) is 1.36. The summed E-state index contributed by atoms with van der Waals surface area (Å²) in [4.78, 5) is 27.0. The Balaban J connectivity index is 2.08. The number of ether oxygens (including phenoxy) is 1. The first-order valence-corrected chi connectivity index (χ1v) is 8.99. The Kier molecular flexibility index (Phi) is 4.78. The van der Waals surface area contributed by atoms with Crippen molar-refractivity contribution in [3.8, 4) is 0 Å². The average molecular weight is 357 g/mol. The number of H-pyrrole nitrogens is 1.